The lowest BCUT2D eigenvalue weighted by molar-refractivity contribution is -0.153. The minimum Gasteiger partial charge on any atom is -0.481 e. The first-order valence-corrected chi connectivity index (χ1v) is 7.68. The van der Waals surface area contributed by atoms with E-state index >= 15 is 0 Å². The van der Waals surface area contributed by atoms with E-state index in [1.165, 1.54) is 0 Å². The summed E-state index contributed by atoms with van der Waals surface area (Å²) in [6, 6.07) is -0.0598. The Kier molecular flexibility index (Phi) is 4.68. The molecule has 1 unspecified atom stereocenters. The molecule has 0 aliphatic carbocycles. The van der Waals surface area contributed by atoms with Crippen LogP contribution >= 0.6 is 0 Å². The van der Waals surface area contributed by atoms with Gasteiger partial charge in [0, 0.05) is 13.1 Å². The summed E-state index contributed by atoms with van der Waals surface area (Å²) in [5, 5.41) is 12.6. The van der Waals surface area contributed by atoms with Crippen molar-refractivity contribution in [1.82, 2.24) is 10.2 Å². The number of likely N-dealkylation sites (tertiary alicyclic amines) is 1. The third kappa shape index (κ3) is 3.14. The molecule has 2 heterocycles. The molecule has 1 amide bonds. The van der Waals surface area contributed by atoms with E-state index in [1.54, 1.807) is 13.8 Å². The summed E-state index contributed by atoms with van der Waals surface area (Å²) < 4.78 is 0. The van der Waals surface area contributed by atoms with Crippen molar-refractivity contribution in [3.63, 3.8) is 0 Å². The summed E-state index contributed by atoms with van der Waals surface area (Å²) in [7, 11) is 0. The number of carboxylic acid groups (broad SMARTS) is 1. The number of amides is 1. The van der Waals surface area contributed by atoms with Gasteiger partial charge < -0.3 is 15.3 Å². The van der Waals surface area contributed by atoms with Gasteiger partial charge in [0.15, 0.2) is 0 Å². The molecule has 2 aliphatic heterocycles. The number of nitrogens with one attached hydrogen (secondary N) is 1. The molecule has 5 heteroatoms. The van der Waals surface area contributed by atoms with E-state index < -0.39 is 11.4 Å². The molecule has 2 aliphatic rings. The molecular weight excluding hydrogens is 256 g/mol. The number of nitrogens with zero attached hydrogens (tertiary/aromatic N) is 1. The number of rotatable bonds is 3. The van der Waals surface area contributed by atoms with Crippen LogP contribution in [0.5, 0.6) is 0 Å². The van der Waals surface area contributed by atoms with E-state index in [1.807, 2.05) is 4.90 Å². The molecule has 2 saturated heterocycles. The SMILES string of the molecule is CC(C)(C(=O)O)C1CCCN(C(=O)[C@H]2CCCCN2)C1. The van der Waals surface area contributed by atoms with E-state index in [0.29, 0.717) is 6.54 Å². The standard InChI is InChI=1S/C15H26N2O3/c1-15(2,14(19)20)11-6-5-9-17(10-11)13(18)12-7-3-4-8-16-12/h11-12,16H,3-10H2,1-2H3,(H,19,20)/t11?,12-/m1/s1. The summed E-state index contributed by atoms with van der Waals surface area (Å²) in [5.41, 5.74) is -0.765. The van der Waals surface area contributed by atoms with Crippen molar-refractivity contribution in [2.45, 2.75) is 52.0 Å². The van der Waals surface area contributed by atoms with Gasteiger partial charge in [-0.15, -0.1) is 0 Å². The molecule has 5 nitrogen and oxygen atoms in total. The molecule has 2 fully saturated rings. The largest absolute Gasteiger partial charge is 0.481 e. The molecule has 0 saturated carbocycles. The van der Waals surface area contributed by atoms with Crippen molar-refractivity contribution in [2.75, 3.05) is 19.6 Å². The number of carbonyl (C=O) groups is 2. The zero-order valence-electron chi connectivity index (χ0n) is 12.5. The maximum Gasteiger partial charge on any atom is 0.309 e. The highest BCUT2D eigenvalue weighted by atomic mass is 16.4. The average molecular weight is 282 g/mol. The highest BCUT2D eigenvalue weighted by Gasteiger charge is 2.40. The van der Waals surface area contributed by atoms with Crippen molar-refractivity contribution in [2.24, 2.45) is 11.3 Å². The lowest BCUT2D eigenvalue weighted by Crippen LogP contribution is -2.53. The zero-order chi connectivity index (χ0) is 14.8. The van der Waals surface area contributed by atoms with E-state index in [-0.39, 0.29) is 17.9 Å². The van der Waals surface area contributed by atoms with Crippen molar-refractivity contribution >= 4 is 11.9 Å². The second-order valence-electron chi connectivity index (χ2n) is 6.65. The Morgan fingerprint density at radius 1 is 1.20 bits per heavy atom. The summed E-state index contributed by atoms with van der Waals surface area (Å²) in [5.74, 6) is -0.565. The van der Waals surface area contributed by atoms with Gasteiger partial charge in [-0.1, -0.05) is 6.42 Å². The monoisotopic (exact) mass is 282 g/mol. The third-order valence-corrected chi connectivity index (χ3v) is 4.91. The van der Waals surface area contributed by atoms with Gasteiger partial charge in [-0.3, -0.25) is 9.59 Å². The lowest BCUT2D eigenvalue weighted by atomic mass is 9.74. The summed E-state index contributed by atoms with van der Waals surface area (Å²) in [4.78, 5) is 25.8. The van der Waals surface area contributed by atoms with Crippen molar-refractivity contribution in [3.05, 3.63) is 0 Å². The quantitative estimate of drug-likeness (QED) is 0.822. The molecule has 2 N–H and O–H groups in total. The van der Waals surface area contributed by atoms with Crippen LogP contribution in [0.2, 0.25) is 0 Å². The average Bonchev–Trinajstić information content (AvgIpc) is 2.47. The second kappa shape index (κ2) is 6.12. The van der Waals surface area contributed by atoms with Gasteiger partial charge in [-0.05, 0) is 52.0 Å². The Labute approximate surface area is 120 Å². The van der Waals surface area contributed by atoms with Crippen LogP contribution in [0, 0.1) is 11.3 Å². The maximum atomic E-state index is 12.5. The molecule has 0 radical (unpaired) electrons. The van der Waals surface area contributed by atoms with Crippen molar-refractivity contribution < 1.29 is 14.7 Å². The van der Waals surface area contributed by atoms with Crippen LogP contribution < -0.4 is 5.32 Å². The summed E-state index contributed by atoms with van der Waals surface area (Å²) in [6.45, 7) is 5.80. The molecule has 0 aromatic heterocycles. The van der Waals surface area contributed by atoms with Gasteiger partial charge in [-0.2, -0.15) is 0 Å². The molecule has 0 aromatic rings. The molecule has 2 rings (SSSR count). The van der Waals surface area contributed by atoms with Crippen molar-refractivity contribution in [3.8, 4) is 0 Å². The highest BCUT2D eigenvalue weighted by molar-refractivity contribution is 5.82. The first-order chi connectivity index (χ1) is 9.43. The number of carbonyl (C=O) groups excluding carboxylic acids is 1. The second-order valence-corrected chi connectivity index (χ2v) is 6.65. The molecule has 0 aromatic carbocycles. The van der Waals surface area contributed by atoms with Crippen LogP contribution in [0.4, 0.5) is 0 Å². The fraction of sp³-hybridized carbons (Fsp3) is 0.867. The third-order valence-electron chi connectivity index (χ3n) is 4.91. The number of aliphatic carboxylic acids is 1. The first kappa shape index (κ1) is 15.3. The van der Waals surface area contributed by atoms with E-state index in [4.69, 9.17) is 0 Å². The lowest BCUT2D eigenvalue weighted by Gasteiger charge is -2.40. The van der Waals surface area contributed by atoms with Gasteiger partial charge >= 0.3 is 5.97 Å². The number of hydrogen-bond donors (Lipinski definition) is 2. The molecule has 0 bridgehead atoms. The van der Waals surface area contributed by atoms with Gasteiger partial charge in [0.1, 0.15) is 0 Å². The minimum atomic E-state index is -0.771. The Morgan fingerprint density at radius 3 is 2.55 bits per heavy atom. The predicted molar refractivity (Wildman–Crippen MR) is 76.4 cm³/mol. The first-order valence-electron chi connectivity index (χ1n) is 7.68. The highest BCUT2D eigenvalue weighted by Crippen LogP contribution is 2.34. The number of hydrogen-bond acceptors (Lipinski definition) is 3. The molecule has 20 heavy (non-hydrogen) atoms. The zero-order valence-corrected chi connectivity index (χ0v) is 12.5. The maximum absolute atomic E-state index is 12.5. The Morgan fingerprint density at radius 2 is 1.95 bits per heavy atom. The molecular formula is C15H26N2O3. The topological polar surface area (TPSA) is 69.6 Å². The molecule has 2 atom stereocenters. The van der Waals surface area contributed by atoms with Crippen LogP contribution in [-0.2, 0) is 9.59 Å². The minimum absolute atomic E-state index is 0.0429. The fourth-order valence-electron chi connectivity index (χ4n) is 3.22. The Hall–Kier alpha value is -1.10. The van der Waals surface area contributed by atoms with Crippen LogP contribution in [0.3, 0.4) is 0 Å². The number of piperidine rings is 2. The smallest absolute Gasteiger partial charge is 0.309 e. The van der Waals surface area contributed by atoms with E-state index in [2.05, 4.69) is 5.32 Å². The van der Waals surface area contributed by atoms with E-state index in [9.17, 15) is 14.7 Å². The van der Waals surface area contributed by atoms with E-state index in [0.717, 1.165) is 45.2 Å². The number of carboxylic acids is 1. The summed E-state index contributed by atoms with van der Waals surface area (Å²) >= 11 is 0. The normalized spacial score (nSPS) is 28.2. The Balaban J connectivity index is 1.99. The summed E-state index contributed by atoms with van der Waals surface area (Å²) in [6.07, 6.45) is 4.93. The Bertz CT molecular complexity index is 375. The fourth-order valence-corrected chi connectivity index (χ4v) is 3.22. The molecule has 0 spiro atoms. The van der Waals surface area contributed by atoms with Crippen LogP contribution in [0.1, 0.15) is 46.0 Å². The predicted octanol–water partition coefficient (Wildman–Crippen LogP) is 1.48. The van der Waals surface area contributed by atoms with Gasteiger partial charge in [0.25, 0.3) is 0 Å². The molecule has 114 valence electrons. The van der Waals surface area contributed by atoms with Gasteiger partial charge in [-0.25, -0.2) is 0 Å². The van der Waals surface area contributed by atoms with Crippen molar-refractivity contribution in [1.29, 1.82) is 0 Å². The van der Waals surface area contributed by atoms with Crippen LogP contribution in [0.15, 0.2) is 0 Å². The van der Waals surface area contributed by atoms with Crippen LogP contribution in [0.25, 0.3) is 0 Å². The van der Waals surface area contributed by atoms with Crippen LogP contribution in [-0.4, -0.2) is 47.6 Å². The van der Waals surface area contributed by atoms with Gasteiger partial charge in [0.2, 0.25) is 5.91 Å². The van der Waals surface area contributed by atoms with Gasteiger partial charge in [0.05, 0.1) is 11.5 Å².